The van der Waals surface area contributed by atoms with Gasteiger partial charge in [-0.25, -0.2) is 9.97 Å². The van der Waals surface area contributed by atoms with Gasteiger partial charge in [0.15, 0.2) is 5.82 Å². The first-order valence-electron chi connectivity index (χ1n) is 10.3. The van der Waals surface area contributed by atoms with Crippen LogP contribution in [0.1, 0.15) is 6.92 Å². The first kappa shape index (κ1) is 20.8. The van der Waals surface area contributed by atoms with E-state index in [9.17, 15) is 4.79 Å². The summed E-state index contributed by atoms with van der Waals surface area (Å²) in [6, 6.07) is 13.0. The smallest absolute Gasteiger partial charge is 0.216 e. The van der Waals surface area contributed by atoms with Gasteiger partial charge in [-0.05, 0) is 36.4 Å². The summed E-state index contributed by atoms with van der Waals surface area (Å²) in [7, 11) is 0. The average molecular weight is 462 g/mol. The van der Waals surface area contributed by atoms with Gasteiger partial charge in [-0.3, -0.25) is 9.89 Å². The van der Waals surface area contributed by atoms with Crippen molar-refractivity contribution in [3.05, 3.63) is 66.2 Å². The third-order valence-electron chi connectivity index (χ3n) is 5.11. The summed E-state index contributed by atoms with van der Waals surface area (Å²) >= 11 is 6.51. The molecule has 9 nitrogen and oxygen atoms in total. The Bertz CT molecular complexity index is 1460. The molecule has 0 spiro atoms. The number of nitrogens with zero attached hydrogens (tertiary/aromatic N) is 4. The minimum atomic E-state index is -0.0671. The lowest BCUT2D eigenvalue weighted by molar-refractivity contribution is -0.118. The molecule has 0 unspecified atom stereocenters. The number of H-pyrrole nitrogens is 1. The van der Waals surface area contributed by atoms with Gasteiger partial charge in [-0.1, -0.05) is 11.6 Å². The zero-order valence-electron chi connectivity index (χ0n) is 17.7. The monoisotopic (exact) mass is 461 g/mol. The SMILES string of the molecule is CC(=O)NCCn1ccc2ncnc(Nc3ccc(Oc4ccc5cn[nH]c5c4)c(Cl)c3)c21. The maximum atomic E-state index is 11.2. The molecule has 0 bridgehead atoms. The van der Waals surface area contributed by atoms with Crippen LogP contribution in [-0.2, 0) is 11.3 Å². The number of carbonyl (C=O) groups excluding carboxylic acids is 1. The lowest BCUT2D eigenvalue weighted by Gasteiger charge is -2.13. The number of halogens is 1. The van der Waals surface area contributed by atoms with E-state index < -0.39 is 0 Å². The van der Waals surface area contributed by atoms with Crippen LogP contribution >= 0.6 is 11.6 Å². The minimum Gasteiger partial charge on any atom is -0.456 e. The number of aromatic nitrogens is 5. The minimum absolute atomic E-state index is 0.0671. The third-order valence-corrected chi connectivity index (χ3v) is 5.41. The third kappa shape index (κ3) is 4.44. The van der Waals surface area contributed by atoms with Crippen LogP contribution < -0.4 is 15.4 Å². The van der Waals surface area contributed by atoms with Gasteiger partial charge in [-0.2, -0.15) is 5.10 Å². The molecule has 3 N–H and O–H groups in total. The van der Waals surface area contributed by atoms with Gasteiger partial charge >= 0.3 is 0 Å². The lowest BCUT2D eigenvalue weighted by atomic mass is 10.2. The standard InChI is InChI=1S/C23H20ClN7O2/c1-14(32)25-7-9-31-8-6-19-22(31)23(27-13-26-19)29-16-3-5-21(18(24)10-16)33-17-4-2-15-12-28-30-20(15)11-17/h2-6,8,10-13H,7,9H2,1H3,(H,25,32)(H,28,30)(H,26,27,29). The van der Waals surface area contributed by atoms with E-state index in [0.717, 1.165) is 27.6 Å². The molecule has 0 radical (unpaired) electrons. The maximum absolute atomic E-state index is 11.2. The number of amides is 1. The molecular formula is C23H20ClN7O2. The van der Waals surface area contributed by atoms with Gasteiger partial charge in [0.1, 0.15) is 23.3 Å². The zero-order valence-corrected chi connectivity index (χ0v) is 18.4. The Kier molecular flexibility index (Phi) is 5.54. The Morgan fingerprint density at radius 1 is 1.18 bits per heavy atom. The molecule has 3 heterocycles. The number of rotatable bonds is 7. The van der Waals surface area contributed by atoms with Gasteiger partial charge < -0.3 is 19.9 Å². The van der Waals surface area contributed by atoms with E-state index in [4.69, 9.17) is 16.3 Å². The predicted molar refractivity (Wildman–Crippen MR) is 127 cm³/mol. The summed E-state index contributed by atoms with van der Waals surface area (Å²) in [5.74, 6) is 1.77. The van der Waals surface area contributed by atoms with Crippen LogP contribution in [0.5, 0.6) is 11.5 Å². The number of carbonyl (C=O) groups is 1. The van der Waals surface area contributed by atoms with Crippen LogP contribution in [-0.4, -0.2) is 37.2 Å². The number of hydrogen-bond acceptors (Lipinski definition) is 6. The molecular weight excluding hydrogens is 442 g/mol. The highest BCUT2D eigenvalue weighted by Crippen LogP contribution is 2.34. The van der Waals surface area contributed by atoms with Crippen LogP contribution in [0.3, 0.4) is 0 Å². The molecule has 3 aromatic heterocycles. The highest BCUT2D eigenvalue weighted by Gasteiger charge is 2.12. The van der Waals surface area contributed by atoms with Crippen LogP contribution in [0.15, 0.2) is 61.2 Å². The second-order valence-electron chi connectivity index (χ2n) is 7.44. The number of nitrogens with one attached hydrogen (secondary N) is 3. The van der Waals surface area contributed by atoms with Crippen LogP contribution in [0.4, 0.5) is 11.5 Å². The van der Waals surface area contributed by atoms with E-state index in [1.54, 1.807) is 18.3 Å². The van der Waals surface area contributed by atoms with Crippen LogP contribution in [0.2, 0.25) is 5.02 Å². The Labute approximate surface area is 193 Å². The lowest BCUT2D eigenvalue weighted by Crippen LogP contribution is -2.24. The van der Waals surface area contributed by atoms with E-state index in [-0.39, 0.29) is 5.91 Å². The van der Waals surface area contributed by atoms with Crippen LogP contribution in [0.25, 0.3) is 21.9 Å². The van der Waals surface area contributed by atoms with E-state index in [2.05, 4.69) is 30.8 Å². The summed E-state index contributed by atoms with van der Waals surface area (Å²) in [5, 5.41) is 14.5. The van der Waals surface area contributed by atoms with Crippen molar-refractivity contribution in [2.24, 2.45) is 0 Å². The molecule has 33 heavy (non-hydrogen) atoms. The molecule has 0 atom stereocenters. The molecule has 0 aliphatic heterocycles. The van der Waals surface area contributed by atoms with Crippen molar-refractivity contribution in [1.29, 1.82) is 0 Å². The summed E-state index contributed by atoms with van der Waals surface area (Å²) < 4.78 is 7.96. The van der Waals surface area contributed by atoms with E-state index in [1.165, 1.54) is 13.3 Å². The molecule has 5 aromatic rings. The summed E-state index contributed by atoms with van der Waals surface area (Å²) in [5.41, 5.74) is 3.28. The largest absolute Gasteiger partial charge is 0.456 e. The van der Waals surface area contributed by atoms with Crippen molar-refractivity contribution < 1.29 is 9.53 Å². The van der Waals surface area contributed by atoms with Crippen molar-refractivity contribution in [1.82, 2.24) is 30.0 Å². The summed E-state index contributed by atoms with van der Waals surface area (Å²) in [6.45, 7) is 2.60. The Balaban J connectivity index is 1.36. The van der Waals surface area contributed by atoms with Gasteiger partial charge in [-0.15, -0.1) is 0 Å². The number of benzene rings is 2. The summed E-state index contributed by atoms with van der Waals surface area (Å²) in [4.78, 5) is 19.9. The topological polar surface area (TPSA) is 110 Å². The quantitative estimate of drug-likeness (QED) is 0.326. The second kappa shape index (κ2) is 8.79. The predicted octanol–water partition coefficient (Wildman–Crippen LogP) is 4.63. The fourth-order valence-electron chi connectivity index (χ4n) is 3.57. The normalized spacial score (nSPS) is 11.1. The zero-order chi connectivity index (χ0) is 22.8. The highest BCUT2D eigenvalue weighted by atomic mass is 35.5. The second-order valence-corrected chi connectivity index (χ2v) is 7.85. The van der Waals surface area contributed by atoms with Crippen molar-refractivity contribution in [2.75, 3.05) is 11.9 Å². The Morgan fingerprint density at radius 2 is 2.09 bits per heavy atom. The molecule has 0 saturated carbocycles. The van der Waals surface area contributed by atoms with Gasteiger partial charge in [0.2, 0.25) is 5.91 Å². The number of anilines is 2. The number of ether oxygens (including phenoxy) is 1. The van der Waals surface area contributed by atoms with Crippen LogP contribution in [0, 0.1) is 0 Å². The number of fused-ring (bicyclic) bond motifs is 2. The van der Waals surface area contributed by atoms with Crippen molar-refractivity contribution in [3.63, 3.8) is 0 Å². The first-order chi connectivity index (χ1) is 16.1. The molecule has 2 aromatic carbocycles. The molecule has 0 saturated heterocycles. The van der Waals surface area contributed by atoms with E-state index >= 15 is 0 Å². The highest BCUT2D eigenvalue weighted by molar-refractivity contribution is 6.32. The number of aromatic amines is 1. The van der Waals surface area contributed by atoms with E-state index in [0.29, 0.717) is 35.4 Å². The molecule has 1 amide bonds. The molecule has 0 fully saturated rings. The average Bonchev–Trinajstić information content (AvgIpc) is 3.43. The van der Waals surface area contributed by atoms with Crippen molar-refractivity contribution in [3.8, 4) is 11.5 Å². The van der Waals surface area contributed by atoms with Gasteiger partial charge in [0, 0.05) is 43.4 Å². The Morgan fingerprint density at radius 3 is 2.94 bits per heavy atom. The van der Waals surface area contributed by atoms with Gasteiger partial charge in [0.05, 0.1) is 22.3 Å². The van der Waals surface area contributed by atoms with Gasteiger partial charge in [0.25, 0.3) is 0 Å². The fourth-order valence-corrected chi connectivity index (χ4v) is 3.79. The van der Waals surface area contributed by atoms with Crippen molar-refractivity contribution >= 4 is 50.9 Å². The first-order valence-corrected chi connectivity index (χ1v) is 10.7. The molecule has 166 valence electrons. The fraction of sp³-hybridized carbons (Fsp3) is 0.130. The van der Waals surface area contributed by atoms with Crippen molar-refractivity contribution in [2.45, 2.75) is 13.5 Å². The molecule has 0 aliphatic carbocycles. The molecule has 5 rings (SSSR count). The maximum Gasteiger partial charge on any atom is 0.216 e. The molecule has 0 aliphatic rings. The summed E-state index contributed by atoms with van der Waals surface area (Å²) in [6.07, 6.45) is 5.19. The van der Waals surface area contributed by atoms with E-state index in [1.807, 2.05) is 41.1 Å². The Hall–Kier alpha value is -4.11. The number of hydrogen-bond donors (Lipinski definition) is 3. The molecule has 10 heteroatoms.